The first-order valence-electron chi connectivity index (χ1n) is 5.32. The van der Waals surface area contributed by atoms with Gasteiger partial charge in [0.15, 0.2) is 5.69 Å². The van der Waals surface area contributed by atoms with Crippen molar-refractivity contribution in [3.63, 3.8) is 0 Å². The van der Waals surface area contributed by atoms with Gasteiger partial charge in [-0.25, -0.2) is 9.48 Å². The number of nitrogens with zero attached hydrogens (tertiary/aromatic N) is 3. The SMILES string of the molecule is CC1CCCC(n2cc(C(=O)O)nn2)C1. The Morgan fingerprint density at radius 2 is 2.40 bits per heavy atom. The Balaban J connectivity index is 2.11. The molecule has 15 heavy (non-hydrogen) atoms. The van der Waals surface area contributed by atoms with Gasteiger partial charge in [-0.1, -0.05) is 25.0 Å². The maximum atomic E-state index is 10.6. The largest absolute Gasteiger partial charge is 0.476 e. The van der Waals surface area contributed by atoms with Crippen molar-refractivity contribution in [2.24, 2.45) is 5.92 Å². The van der Waals surface area contributed by atoms with Gasteiger partial charge in [-0.05, 0) is 18.8 Å². The predicted molar refractivity (Wildman–Crippen MR) is 53.7 cm³/mol. The molecule has 0 aromatic carbocycles. The molecule has 1 aliphatic rings. The van der Waals surface area contributed by atoms with E-state index in [-0.39, 0.29) is 5.69 Å². The first-order chi connectivity index (χ1) is 7.16. The summed E-state index contributed by atoms with van der Waals surface area (Å²) in [5.74, 6) is -0.314. The first kappa shape index (κ1) is 10.1. The maximum Gasteiger partial charge on any atom is 0.358 e. The molecule has 1 saturated carbocycles. The van der Waals surface area contributed by atoms with E-state index in [9.17, 15) is 4.79 Å². The van der Waals surface area contributed by atoms with Gasteiger partial charge in [-0.3, -0.25) is 0 Å². The zero-order chi connectivity index (χ0) is 10.8. The molecular weight excluding hydrogens is 194 g/mol. The lowest BCUT2D eigenvalue weighted by Gasteiger charge is -2.26. The molecule has 5 heteroatoms. The van der Waals surface area contributed by atoms with Crippen LogP contribution in [0.1, 0.15) is 49.1 Å². The highest BCUT2D eigenvalue weighted by atomic mass is 16.4. The van der Waals surface area contributed by atoms with Gasteiger partial charge < -0.3 is 5.11 Å². The van der Waals surface area contributed by atoms with Gasteiger partial charge in [-0.15, -0.1) is 5.10 Å². The second-order valence-electron chi connectivity index (χ2n) is 4.31. The number of hydrogen-bond acceptors (Lipinski definition) is 3. The second kappa shape index (κ2) is 4.00. The minimum absolute atomic E-state index is 0.0354. The lowest BCUT2D eigenvalue weighted by atomic mass is 9.87. The van der Waals surface area contributed by atoms with Crippen LogP contribution in [0.25, 0.3) is 0 Å². The summed E-state index contributed by atoms with van der Waals surface area (Å²) in [5, 5.41) is 16.2. The molecule has 0 amide bonds. The number of aromatic nitrogens is 3. The number of carboxylic acids is 1. The third-order valence-electron chi connectivity index (χ3n) is 3.01. The minimum atomic E-state index is -1.01. The molecule has 5 nitrogen and oxygen atoms in total. The van der Waals surface area contributed by atoms with Crippen molar-refractivity contribution in [1.82, 2.24) is 15.0 Å². The van der Waals surface area contributed by atoms with Crippen LogP contribution >= 0.6 is 0 Å². The molecule has 0 bridgehead atoms. The fourth-order valence-corrected chi connectivity index (χ4v) is 2.20. The first-order valence-corrected chi connectivity index (χ1v) is 5.32. The second-order valence-corrected chi connectivity index (χ2v) is 4.31. The monoisotopic (exact) mass is 209 g/mol. The van der Waals surface area contributed by atoms with Gasteiger partial charge in [0.2, 0.25) is 0 Å². The summed E-state index contributed by atoms with van der Waals surface area (Å²) in [6.45, 7) is 2.22. The van der Waals surface area contributed by atoms with E-state index in [2.05, 4.69) is 17.2 Å². The van der Waals surface area contributed by atoms with Crippen LogP contribution in [0.2, 0.25) is 0 Å². The van der Waals surface area contributed by atoms with Crippen LogP contribution in [-0.4, -0.2) is 26.1 Å². The molecule has 1 N–H and O–H groups in total. The van der Waals surface area contributed by atoms with Gasteiger partial charge in [0.25, 0.3) is 0 Å². The van der Waals surface area contributed by atoms with Crippen LogP contribution in [0.3, 0.4) is 0 Å². The summed E-state index contributed by atoms with van der Waals surface area (Å²) in [5.41, 5.74) is 0.0354. The fourth-order valence-electron chi connectivity index (χ4n) is 2.20. The molecule has 1 aromatic heterocycles. The smallest absolute Gasteiger partial charge is 0.358 e. The number of carboxylic acid groups (broad SMARTS) is 1. The predicted octanol–water partition coefficient (Wildman–Crippen LogP) is 1.73. The van der Waals surface area contributed by atoms with Crippen LogP contribution < -0.4 is 0 Å². The van der Waals surface area contributed by atoms with Crippen molar-refractivity contribution in [1.29, 1.82) is 0 Å². The third kappa shape index (κ3) is 2.16. The maximum absolute atomic E-state index is 10.6. The lowest BCUT2D eigenvalue weighted by molar-refractivity contribution is 0.0690. The average molecular weight is 209 g/mol. The highest BCUT2D eigenvalue weighted by Gasteiger charge is 2.22. The molecule has 0 saturated heterocycles. The van der Waals surface area contributed by atoms with Crippen LogP contribution in [0.4, 0.5) is 0 Å². The van der Waals surface area contributed by atoms with Gasteiger partial charge >= 0.3 is 5.97 Å². The van der Waals surface area contributed by atoms with Gasteiger partial charge in [0.1, 0.15) is 0 Å². The third-order valence-corrected chi connectivity index (χ3v) is 3.01. The van der Waals surface area contributed by atoms with Crippen LogP contribution in [0, 0.1) is 5.92 Å². The van der Waals surface area contributed by atoms with E-state index >= 15 is 0 Å². The van der Waals surface area contributed by atoms with E-state index in [0.717, 1.165) is 12.8 Å². The molecule has 2 unspecified atom stereocenters. The van der Waals surface area contributed by atoms with Gasteiger partial charge in [0, 0.05) is 0 Å². The lowest BCUT2D eigenvalue weighted by Crippen LogP contribution is -2.18. The molecule has 0 spiro atoms. The quantitative estimate of drug-likeness (QED) is 0.805. The molecule has 0 radical (unpaired) electrons. The van der Waals surface area contributed by atoms with Gasteiger partial charge in [-0.2, -0.15) is 0 Å². The molecule has 0 aliphatic heterocycles. The molecular formula is C10H15N3O2. The zero-order valence-corrected chi connectivity index (χ0v) is 8.76. The number of rotatable bonds is 2. The standard InChI is InChI=1S/C10H15N3O2/c1-7-3-2-4-8(5-7)13-6-9(10(14)15)11-12-13/h6-8H,2-5H2,1H3,(H,14,15). The molecule has 2 rings (SSSR count). The summed E-state index contributed by atoms with van der Waals surface area (Å²) in [6, 6.07) is 0.328. The Morgan fingerprint density at radius 1 is 1.60 bits per heavy atom. The normalized spacial score (nSPS) is 26.5. The number of carbonyl (C=O) groups is 1. The van der Waals surface area contributed by atoms with Crippen LogP contribution in [0.15, 0.2) is 6.20 Å². The van der Waals surface area contributed by atoms with E-state index in [1.165, 1.54) is 19.0 Å². The summed E-state index contributed by atoms with van der Waals surface area (Å²) >= 11 is 0. The summed E-state index contributed by atoms with van der Waals surface area (Å²) in [4.78, 5) is 10.6. The van der Waals surface area contributed by atoms with Crippen molar-refractivity contribution in [2.75, 3.05) is 0 Å². The molecule has 82 valence electrons. The Labute approximate surface area is 88.1 Å². The van der Waals surface area contributed by atoms with Crippen LogP contribution in [0.5, 0.6) is 0 Å². The Kier molecular flexibility index (Phi) is 2.70. The fraction of sp³-hybridized carbons (Fsp3) is 0.700. The van der Waals surface area contributed by atoms with E-state index in [0.29, 0.717) is 12.0 Å². The topological polar surface area (TPSA) is 68.0 Å². The Bertz CT molecular complexity index is 361. The highest BCUT2D eigenvalue weighted by molar-refractivity contribution is 5.84. The molecule has 1 aromatic rings. The van der Waals surface area contributed by atoms with Crippen LogP contribution in [-0.2, 0) is 0 Å². The molecule has 1 aliphatic carbocycles. The summed E-state index contributed by atoms with van der Waals surface area (Å²) in [7, 11) is 0. The van der Waals surface area contributed by atoms with E-state index in [4.69, 9.17) is 5.11 Å². The molecule has 1 fully saturated rings. The van der Waals surface area contributed by atoms with E-state index in [1.807, 2.05) is 0 Å². The van der Waals surface area contributed by atoms with Crippen molar-refractivity contribution in [2.45, 2.75) is 38.6 Å². The van der Waals surface area contributed by atoms with E-state index < -0.39 is 5.97 Å². The van der Waals surface area contributed by atoms with Crippen molar-refractivity contribution in [3.8, 4) is 0 Å². The van der Waals surface area contributed by atoms with Crippen molar-refractivity contribution >= 4 is 5.97 Å². The zero-order valence-electron chi connectivity index (χ0n) is 8.76. The highest BCUT2D eigenvalue weighted by Crippen LogP contribution is 2.31. The number of aromatic carboxylic acids is 1. The Hall–Kier alpha value is -1.39. The Morgan fingerprint density at radius 3 is 3.00 bits per heavy atom. The number of hydrogen-bond donors (Lipinski definition) is 1. The average Bonchev–Trinajstić information content (AvgIpc) is 2.66. The summed E-state index contributed by atoms with van der Waals surface area (Å²) < 4.78 is 1.71. The van der Waals surface area contributed by atoms with Gasteiger partial charge in [0.05, 0.1) is 12.2 Å². The van der Waals surface area contributed by atoms with E-state index in [1.54, 1.807) is 4.68 Å². The van der Waals surface area contributed by atoms with Crippen molar-refractivity contribution in [3.05, 3.63) is 11.9 Å². The molecule has 1 heterocycles. The summed E-state index contributed by atoms with van der Waals surface area (Å²) in [6.07, 6.45) is 6.13. The minimum Gasteiger partial charge on any atom is -0.476 e. The molecule has 2 atom stereocenters. The van der Waals surface area contributed by atoms with Crippen molar-refractivity contribution < 1.29 is 9.90 Å².